The summed E-state index contributed by atoms with van der Waals surface area (Å²) in [4.78, 5) is 6.88. The first-order chi connectivity index (χ1) is 15.5. The van der Waals surface area contributed by atoms with Crippen molar-refractivity contribution in [1.29, 1.82) is 0 Å². The van der Waals surface area contributed by atoms with Crippen molar-refractivity contribution in [2.75, 3.05) is 26.2 Å². The molecule has 32 heavy (non-hydrogen) atoms. The summed E-state index contributed by atoms with van der Waals surface area (Å²) < 4.78 is 32.9. The third-order valence-electron chi connectivity index (χ3n) is 5.84. The fraction of sp³-hybridized carbons (Fsp3) is 0.250. The van der Waals surface area contributed by atoms with Crippen LogP contribution in [-0.2, 0) is 16.6 Å². The summed E-state index contributed by atoms with van der Waals surface area (Å²) in [7, 11) is -3.50. The molecule has 0 aliphatic carbocycles. The maximum atomic E-state index is 13.2. The van der Waals surface area contributed by atoms with Gasteiger partial charge in [-0.15, -0.1) is 0 Å². The van der Waals surface area contributed by atoms with Gasteiger partial charge in [-0.2, -0.15) is 9.29 Å². The minimum atomic E-state index is -3.50. The van der Waals surface area contributed by atoms with E-state index in [9.17, 15) is 8.42 Å². The lowest BCUT2D eigenvalue weighted by Gasteiger charge is -2.34. The summed E-state index contributed by atoms with van der Waals surface area (Å²) >= 11 is 0. The molecule has 0 unspecified atom stereocenters. The summed E-state index contributed by atoms with van der Waals surface area (Å²) in [6.45, 7) is 4.89. The topological polar surface area (TPSA) is 79.5 Å². The second-order valence-corrected chi connectivity index (χ2v) is 9.96. The average molecular weight is 449 g/mol. The van der Waals surface area contributed by atoms with Gasteiger partial charge in [0.15, 0.2) is 0 Å². The first-order valence-electron chi connectivity index (χ1n) is 10.6. The molecule has 1 saturated heterocycles. The molecule has 0 bridgehead atoms. The number of sulfonamides is 1. The lowest BCUT2D eigenvalue weighted by molar-refractivity contribution is 0.181. The largest absolute Gasteiger partial charge is 0.339 e. The molecule has 3 aromatic carbocycles. The van der Waals surface area contributed by atoms with E-state index in [0.717, 1.165) is 22.9 Å². The predicted molar refractivity (Wildman–Crippen MR) is 122 cm³/mol. The van der Waals surface area contributed by atoms with Gasteiger partial charge < -0.3 is 4.52 Å². The van der Waals surface area contributed by atoms with Crippen LogP contribution in [0.1, 0.15) is 11.5 Å². The van der Waals surface area contributed by atoms with Crippen LogP contribution in [0.2, 0.25) is 0 Å². The number of aryl methyl sites for hydroxylation is 1. The van der Waals surface area contributed by atoms with E-state index < -0.39 is 10.0 Å². The molecule has 1 fully saturated rings. The molecule has 0 radical (unpaired) electrons. The van der Waals surface area contributed by atoms with E-state index in [-0.39, 0.29) is 0 Å². The van der Waals surface area contributed by atoms with E-state index in [1.165, 1.54) is 5.56 Å². The number of piperazine rings is 1. The molecule has 164 valence electrons. The zero-order chi connectivity index (χ0) is 22.1. The zero-order valence-electron chi connectivity index (χ0n) is 17.8. The molecule has 7 nitrogen and oxygen atoms in total. The molecule has 0 spiro atoms. The van der Waals surface area contributed by atoms with Gasteiger partial charge in [0.05, 0.1) is 4.90 Å². The monoisotopic (exact) mass is 448 g/mol. The summed E-state index contributed by atoms with van der Waals surface area (Å²) in [5.74, 6) is 1.13. The molecule has 1 aliphatic rings. The van der Waals surface area contributed by atoms with Crippen molar-refractivity contribution in [2.45, 2.75) is 18.4 Å². The number of aromatic nitrogens is 2. The van der Waals surface area contributed by atoms with Crippen molar-refractivity contribution in [1.82, 2.24) is 19.3 Å². The standard InChI is InChI=1S/C24H24N4O3S/c1-18-25-24(26-31-18)21-8-6-19(7-9-21)17-27-12-14-28(15-13-27)32(29,30)23-11-10-20-4-2-3-5-22(20)16-23/h2-11,16H,12-15,17H2,1H3. The molecule has 4 aromatic rings. The Morgan fingerprint density at radius 2 is 1.62 bits per heavy atom. The fourth-order valence-corrected chi connectivity index (χ4v) is 5.50. The Labute approximate surface area is 187 Å². The molecule has 0 amide bonds. The molecular weight excluding hydrogens is 424 g/mol. The third-order valence-corrected chi connectivity index (χ3v) is 7.73. The highest BCUT2D eigenvalue weighted by Gasteiger charge is 2.28. The highest BCUT2D eigenvalue weighted by molar-refractivity contribution is 7.89. The van der Waals surface area contributed by atoms with Crippen molar-refractivity contribution in [3.05, 3.63) is 78.2 Å². The van der Waals surface area contributed by atoms with E-state index >= 15 is 0 Å². The van der Waals surface area contributed by atoms with Gasteiger partial charge in [0, 0.05) is 45.2 Å². The van der Waals surface area contributed by atoms with Gasteiger partial charge in [-0.1, -0.05) is 59.8 Å². The molecule has 1 aromatic heterocycles. The minimum Gasteiger partial charge on any atom is -0.339 e. The van der Waals surface area contributed by atoms with Gasteiger partial charge in [0.25, 0.3) is 0 Å². The molecule has 0 atom stereocenters. The number of benzene rings is 3. The van der Waals surface area contributed by atoms with Gasteiger partial charge in [0.2, 0.25) is 21.7 Å². The zero-order valence-corrected chi connectivity index (χ0v) is 18.6. The average Bonchev–Trinajstić information content (AvgIpc) is 3.26. The maximum Gasteiger partial charge on any atom is 0.243 e. The SMILES string of the molecule is Cc1nc(-c2ccc(CN3CCN(S(=O)(=O)c4ccc5ccccc5c4)CC3)cc2)no1. The van der Waals surface area contributed by atoms with Crippen LogP contribution in [0.3, 0.4) is 0 Å². The summed E-state index contributed by atoms with van der Waals surface area (Å²) in [5.41, 5.74) is 2.08. The van der Waals surface area contributed by atoms with Crippen LogP contribution in [0.4, 0.5) is 0 Å². The van der Waals surface area contributed by atoms with Crippen LogP contribution in [0.25, 0.3) is 22.2 Å². The first kappa shape index (κ1) is 20.8. The van der Waals surface area contributed by atoms with Crippen LogP contribution >= 0.6 is 0 Å². The lowest BCUT2D eigenvalue weighted by Crippen LogP contribution is -2.48. The molecular formula is C24H24N4O3S. The van der Waals surface area contributed by atoms with Crippen LogP contribution in [0, 0.1) is 6.92 Å². The maximum absolute atomic E-state index is 13.2. The van der Waals surface area contributed by atoms with Gasteiger partial charge in [-0.25, -0.2) is 8.42 Å². The second-order valence-electron chi connectivity index (χ2n) is 8.02. The second kappa shape index (κ2) is 8.46. The highest BCUT2D eigenvalue weighted by Crippen LogP contribution is 2.23. The van der Waals surface area contributed by atoms with Crippen molar-refractivity contribution in [3.8, 4) is 11.4 Å². The highest BCUT2D eigenvalue weighted by atomic mass is 32.2. The Balaban J connectivity index is 1.22. The number of hydrogen-bond donors (Lipinski definition) is 0. The van der Waals surface area contributed by atoms with Crippen LogP contribution in [0.5, 0.6) is 0 Å². The van der Waals surface area contributed by atoms with E-state index in [4.69, 9.17) is 4.52 Å². The molecule has 5 rings (SSSR count). The molecule has 1 aliphatic heterocycles. The number of hydrogen-bond acceptors (Lipinski definition) is 6. The summed E-state index contributed by atoms with van der Waals surface area (Å²) in [6, 6.07) is 21.2. The van der Waals surface area contributed by atoms with Gasteiger partial charge in [0.1, 0.15) is 0 Å². The molecule has 0 N–H and O–H groups in total. The molecule has 2 heterocycles. The minimum absolute atomic E-state index is 0.358. The number of fused-ring (bicyclic) bond motifs is 1. The Morgan fingerprint density at radius 1 is 0.906 bits per heavy atom. The number of nitrogens with zero attached hydrogens (tertiary/aromatic N) is 4. The first-order valence-corrected chi connectivity index (χ1v) is 12.0. The number of rotatable bonds is 5. The van der Waals surface area contributed by atoms with E-state index in [1.54, 1.807) is 23.4 Å². The Kier molecular flexibility index (Phi) is 5.50. The van der Waals surface area contributed by atoms with Crippen LogP contribution in [-0.4, -0.2) is 53.9 Å². The Bertz CT molecular complexity index is 1340. The Hall–Kier alpha value is -3.07. The van der Waals surface area contributed by atoms with Crippen molar-refractivity contribution in [2.24, 2.45) is 0 Å². The predicted octanol–water partition coefficient (Wildman–Crippen LogP) is 3.70. The van der Waals surface area contributed by atoms with Gasteiger partial charge in [-0.05, 0) is 28.5 Å². The third kappa shape index (κ3) is 4.17. The lowest BCUT2D eigenvalue weighted by atomic mass is 10.1. The van der Waals surface area contributed by atoms with Gasteiger partial charge >= 0.3 is 0 Å². The fourth-order valence-electron chi connectivity index (χ4n) is 4.04. The summed E-state index contributed by atoms with van der Waals surface area (Å²) in [5, 5.41) is 5.92. The van der Waals surface area contributed by atoms with E-state index in [0.29, 0.717) is 42.8 Å². The van der Waals surface area contributed by atoms with E-state index in [1.807, 2.05) is 42.5 Å². The quantitative estimate of drug-likeness (QED) is 0.463. The molecule has 8 heteroatoms. The summed E-state index contributed by atoms with van der Waals surface area (Å²) in [6.07, 6.45) is 0. The normalized spacial score (nSPS) is 15.9. The van der Waals surface area contributed by atoms with Crippen molar-refractivity contribution < 1.29 is 12.9 Å². The molecule has 0 saturated carbocycles. The van der Waals surface area contributed by atoms with Crippen LogP contribution in [0.15, 0.2) is 76.1 Å². The van der Waals surface area contributed by atoms with Crippen molar-refractivity contribution in [3.63, 3.8) is 0 Å². The smallest absolute Gasteiger partial charge is 0.243 e. The Morgan fingerprint density at radius 3 is 2.31 bits per heavy atom. The van der Waals surface area contributed by atoms with Crippen LogP contribution < -0.4 is 0 Å². The van der Waals surface area contributed by atoms with Gasteiger partial charge in [-0.3, -0.25) is 4.90 Å². The van der Waals surface area contributed by atoms with Crippen molar-refractivity contribution >= 4 is 20.8 Å². The van der Waals surface area contributed by atoms with E-state index in [2.05, 4.69) is 27.2 Å².